The Hall–Kier alpha value is -2.12. The molecule has 1 aliphatic heterocycles. The Morgan fingerprint density at radius 3 is 2.08 bits per heavy atom. The smallest absolute Gasteiger partial charge is 0.251 e. The predicted molar refractivity (Wildman–Crippen MR) is 95.7 cm³/mol. The fourth-order valence-corrected chi connectivity index (χ4v) is 2.55. The van der Waals surface area contributed by atoms with Crippen molar-refractivity contribution in [2.75, 3.05) is 23.7 Å². The minimum Gasteiger partial charge on any atom is -0.348 e. The summed E-state index contributed by atoms with van der Waals surface area (Å²) in [6.07, 6.45) is 1.96. The molecule has 24 heavy (non-hydrogen) atoms. The summed E-state index contributed by atoms with van der Waals surface area (Å²) in [5, 5.41) is 11.5. The molecule has 1 fully saturated rings. The lowest BCUT2D eigenvalue weighted by Gasteiger charge is -2.24. The van der Waals surface area contributed by atoms with Crippen LogP contribution in [-0.2, 0) is 9.59 Å². The Morgan fingerprint density at radius 1 is 1.04 bits per heavy atom. The number of amides is 3. The van der Waals surface area contributed by atoms with E-state index >= 15 is 0 Å². The molecule has 1 aromatic rings. The van der Waals surface area contributed by atoms with Crippen molar-refractivity contribution in [2.24, 2.45) is 0 Å². The van der Waals surface area contributed by atoms with E-state index in [9.17, 15) is 14.4 Å². The Kier molecular flexibility index (Phi) is 7.67. The van der Waals surface area contributed by atoms with Crippen LogP contribution >= 0.6 is 12.4 Å². The Balaban J connectivity index is 0.00000288. The van der Waals surface area contributed by atoms with Gasteiger partial charge in [0.25, 0.3) is 5.91 Å². The lowest BCUT2D eigenvalue weighted by atomic mass is 10.1. The highest BCUT2D eigenvalue weighted by Gasteiger charge is 2.17. The number of benzene rings is 1. The van der Waals surface area contributed by atoms with Crippen LogP contribution in [0, 0.1) is 0 Å². The van der Waals surface area contributed by atoms with Gasteiger partial charge >= 0.3 is 0 Å². The number of carbonyl (C=O) groups excluding carboxylic acids is 3. The fraction of sp³-hybridized carbons (Fsp3) is 0.438. The van der Waals surface area contributed by atoms with Crippen molar-refractivity contribution in [1.82, 2.24) is 10.6 Å². The van der Waals surface area contributed by atoms with E-state index in [1.807, 2.05) is 0 Å². The highest BCUT2D eigenvalue weighted by molar-refractivity contribution is 6.00. The second-order valence-corrected chi connectivity index (χ2v) is 5.68. The van der Waals surface area contributed by atoms with Crippen LogP contribution in [0.1, 0.15) is 37.0 Å². The monoisotopic (exact) mass is 354 g/mol. The van der Waals surface area contributed by atoms with E-state index in [0.717, 1.165) is 25.9 Å². The molecule has 0 radical (unpaired) electrons. The van der Waals surface area contributed by atoms with Gasteiger partial charge in [-0.2, -0.15) is 0 Å². The van der Waals surface area contributed by atoms with Gasteiger partial charge in [0.05, 0.1) is 0 Å². The quantitative estimate of drug-likeness (QED) is 0.658. The third-order valence-electron chi connectivity index (χ3n) is 3.47. The first kappa shape index (κ1) is 19.9. The number of halogens is 1. The Labute approximate surface area is 147 Å². The number of anilines is 2. The molecule has 8 heteroatoms. The lowest BCUT2D eigenvalue weighted by Crippen LogP contribution is -2.45. The molecular weight excluding hydrogens is 332 g/mol. The normalized spacial score (nSPS) is 16.5. The highest BCUT2D eigenvalue weighted by Crippen LogP contribution is 2.20. The number of carbonyl (C=O) groups is 3. The van der Waals surface area contributed by atoms with Gasteiger partial charge in [-0.25, -0.2) is 0 Å². The average molecular weight is 355 g/mol. The third-order valence-corrected chi connectivity index (χ3v) is 3.47. The first-order chi connectivity index (χ1) is 10.9. The Bertz CT molecular complexity index is 581. The number of rotatable bonds is 4. The predicted octanol–water partition coefficient (Wildman–Crippen LogP) is 1.51. The van der Waals surface area contributed by atoms with Crippen molar-refractivity contribution in [1.29, 1.82) is 0 Å². The van der Waals surface area contributed by atoms with E-state index in [4.69, 9.17) is 0 Å². The van der Waals surface area contributed by atoms with Crippen molar-refractivity contribution >= 4 is 41.5 Å². The number of piperidine rings is 1. The molecule has 4 N–H and O–H groups in total. The molecule has 1 atom stereocenters. The van der Waals surface area contributed by atoms with Crippen molar-refractivity contribution in [3.63, 3.8) is 0 Å². The van der Waals surface area contributed by atoms with Crippen LogP contribution in [0.2, 0.25) is 0 Å². The Morgan fingerprint density at radius 2 is 1.62 bits per heavy atom. The minimum atomic E-state index is -0.243. The van der Waals surface area contributed by atoms with Gasteiger partial charge in [-0.05, 0) is 37.6 Å². The number of nitrogens with one attached hydrogen (secondary N) is 4. The summed E-state index contributed by atoms with van der Waals surface area (Å²) in [6, 6.07) is 4.89. The summed E-state index contributed by atoms with van der Waals surface area (Å²) in [7, 11) is 0. The van der Waals surface area contributed by atoms with E-state index in [0.29, 0.717) is 16.9 Å². The maximum Gasteiger partial charge on any atom is 0.251 e. The number of hydrogen-bond donors (Lipinski definition) is 4. The summed E-state index contributed by atoms with van der Waals surface area (Å²) in [5.41, 5.74) is 1.33. The van der Waals surface area contributed by atoms with Crippen LogP contribution in [0.15, 0.2) is 18.2 Å². The molecule has 0 bridgehead atoms. The first-order valence-electron chi connectivity index (χ1n) is 7.66. The third kappa shape index (κ3) is 6.17. The van der Waals surface area contributed by atoms with Gasteiger partial charge < -0.3 is 21.3 Å². The molecule has 0 saturated carbocycles. The highest BCUT2D eigenvalue weighted by atomic mass is 35.5. The second kappa shape index (κ2) is 9.24. The van der Waals surface area contributed by atoms with Crippen molar-refractivity contribution < 1.29 is 14.4 Å². The zero-order chi connectivity index (χ0) is 16.8. The van der Waals surface area contributed by atoms with Crippen molar-refractivity contribution in [2.45, 2.75) is 32.7 Å². The minimum absolute atomic E-state index is 0. The topological polar surface area (TPSA) is 99.3 Å². The zero-order valence-corrected chi connectivity index (χ0v) is 14.6. The summed E-state index contributed by atoms with van der Waals surface area (Å²) < 4.78 is 0. The molecule has 0 unspecified atom stereocenters. The van der Waals surface area contributed by atoms with Gasteiger partial charge in [-0.15, -0.1) is 12.4 Å². The molecule has 3 amide bonds. The van der Waals surface area contributed by atoms with E-state index in [-0.39, 0.29) is 36.2 Å². The molecule has 0 aliphatic carbocycles. The molecule has 2 rings (SSSR count). The van der Waals surface area contributed by atoms with E-state index < -0.39 is 0 Å². The van der Waals surface area contributed by atoms with Gasteiger partial charge in [0.15, 0.2) is 0 Å². The van der Waals surface area contributed by atoms with Crippen LogP contribution in [-0.4, -0.2) is 36.9 Å². The molecule has 7 nitrogen and oxygen atoms in total. The van der Waals surface area contributed by atoms with Gasteiger partial charge in [0.2, 0.25) is 11.8 Å². The van der Waals surface area contributed by atoms with E-state index in [1.165, 1.54) is 13.8 Å². The number of hydrogen-bond acceptors (Lipinski definition) is 4. The summed E-state index contributed by atoms with van der Waals surface area (Å²) in [4.78, 5) is 34.9. The SMILES string of the molecule is CC(=O)Nc1cc(NC(C)=O)cc(C(=O)N[C@H]2CCCNC2)c1.Cl. The van der Waals surface area contributed by atoms with Crippen LogP contribution in [0.3, 0.4) is 0 Å². The molecule has 1 aliphatic rings. The lowest BCUT2D eigenvalue weighted by molar-refractivity contribution is -0.115. The molecule has 1 heterocycles. The van der Waals surface area contributed by atoms with Crippen LogP contribution in [0.25, 0.3) is 0 Å². The first-order valence-corrected chi connectivity index (χ1v) is 7.66. The van der Waals surface area contributed by atoms with Crippen LogP contribution in [0.5, 0.6) is 0 Å². The summed E-state index contributed by atoms with van der Waals surface area (Å²) >= 11 is 0. The standard InChI is InChI=1S/C16H22N4O3.ClH/c1-10(21)18-14-6-12(7-15(8-14)19-11(2)22)16(23)20-13-4-3-5-17-9-13;/h6-8,13,17H,3-5,9H2,1-2H3,(H,18,21)(H,19,22)(H,20,23);1H/t13-;/m0./s1. The van der Waals surface area contributed by atoms with Gasteiger partial charge in [0, 0.05) is 43.4 Å². The van der Waals surface area contributed by atoms with E-state index in [1.54, 1.807) is 18.2 Å². The van der Waals surface area contributed by atoms with Gasteiger partial charge in [-0.1, -0.05) is 0 Å². The van der Waals surface area contributed by atoms with Gasteiger partial charge in [0.1, 0.15) is 0 Å². The summed E-state index contributed by atoms with van der Waals surface area (Å²) in [5.74, 6) is -0.710. The fourth-order valence-electron chi connectivity index (χ4n) is 2.55. The molecule has 1 aromatic carbocycles. The van der Waals surface area contributed by atoms with E-state index in [2.05, 4.69) is 21.3 Å². The van der Waals surface area contributed by atoms with Crippen molar-refractivity contribution in [3.05, 3.63) is 23.8 Å². The molecule has 132 valence electrons. The van der Waals surface area contributed by atoms with Crippen LogP contribution in [0.4, 0.5) is 11.4 Å². The molecule has 1 saturated heterocycles. The average Bonchev–Trinajstić information content (AvgIpc) is 2.46. The van der Waals surface area contributed by atoms with Crippen molar-refractivity contribution in [3.8, 4) is 0 Å². The molecular formula is C16H23ClN4O3. The summed E-state index contributed by atoms with van der Waals surface area (Å²) in [6.45, 7) is 4.49. The van der Waals surface area contributed by atoms with Gasteiger partial charge in [-0.3, -0.25) is 14.4 Å². The largest absolute Gasteiger partial charge is 0.348 e. The molecule has 0 spiro atoms. The second-order valence-electron chi connectivity index (χ2n) is 5.68. The maximum absolute atomic E-state index is 12.4. The van der Waals surface area contributed by atoms with Crippen LogP contribution < -0.4 is 21.3 Å². The maximum atomic E-state index is 12.4. The zero-order valence-electron chi connectivity index (χ0n) is 13.8. The molecule has 0 aromatic heterocycles.